The van der Waals surface area contributed by atoms with Crippen LogP contribution in [0, 0.1) is 11.3 Å². The molecule has 102 valence electrons. The molecule has 2 heterocycles. The van der Waals surface area contributed by atoms with Crippen LogP contribution in [0.15, 0.2) is 0 Å². The van der Waals surface area contributed by atoms with Gasteiger partial charge in [-0.2, -0.15) is 0 Å². The zero-order valence-corrected chi connectivity index (χ0v) is 11.3. The molecule has 2 aliphatic heterocycles. The minimum atomic E-state index is 0.384. The molecule has 0 aromatic heterocycles. The third-order valence-electron chi connectivity index (χ3n) is 5.17. The minimum Gasteiger partial charge on any atom is -0.381 e. The zero-order valence-electron chi connectivity index (χ0n) is 11.3. The Morgan fingerprint density at radius 2 is 2.06 bits per heavy atom. The molecule has 3 fully saturated rings. The average Bonchev–Trinajstić information content (AvgIpc) is 3.02. The van der Waals surface area contributed by atoms with Crippen LogP contribution in [0.2, 0.25) is 0 Å². The molecule has 3 nitrogen and oxygen atoms in total. The van der Waals surface area contributed by atoms with Crippen molar-refractivity contribution in [1.29, 1.82) is 0 Å². The molecule has 1 aliphatic carbocycles. The van der Waals surface area contributed by atoms with E-state index in [1.54, 1.807) is 0 Å². The average molecular weight is 251 g/mol. The molecule has 1 unspecified atom stereocenters. The Hall–Kier alpha value is -0.570. The number of nitrogens with zero attached hydrogens (tertiary/aromatic N) is 1. The zero-order chi connectivity index (χ0) is 12.4. The van der Waals surface area contributed by atoms with E-state index in [0.29, 0.717) is 17.2 Å². The van der Waals surface area contributed by atoms with Gasteiger partial charge in [0.25, 0.3) is 0 Å². The summed E-state index contributed by atoms with van der Waals surface area (Å²) in [5.74, 6) is 0.862. The predicted octanol–water partition coefficient (Wildman–Crippen LogP) is 2.60. The molecule has 0 N–H and O–H groups in total. The lowest BCUT2D eigenvalue weighted by Gasteiger charge is -2.26. The fourth-order valence-corrected chi connectivity index (χ4v) is 4.03. The Morgan fingerprint density at radius 1 is 1.22 bits per heavy atom. The highest BCUT2D eigenvalue weighted by molar-refractivity contribution is 5.76. The summed E-state index contributed by atoms with van der Waals surface area (Å²) in [5.41, 5.74) is 0.513. The van der Waals surface area contributed by atoms with Gasteiger partial charge in [-0.15, -0.1) is 0 Å². The van der Waals surface area contributed by atoms with Crippen LogP contribution in [0.1, 0.15) is 51.4 Å². The lowest BCUT2D eigenvalue weighted by Crippen LogP contribution is -2.33. The van der Waals surface area contributed by atoms with Crippen LogP contribution in [0.5, 0.6) is 0 Å². The highest BCUT2D eigenvalue weighted by atomic mass is 16.5. The van der Waals surface area contributed by atoms with E-state index >= 15 is 0 Å². The Bertz CT molecular complexity index is 304. The molecular formula is C15H25NO2. The van der Waals surface area contributed by atoms with Crippen molar-refractivity contribution in [2.24, 2.45) is 11.3 Å². The molecule has 1 saturated carbocycles. The van der Waals surface area contributed by atoms with Gasteiger partial charge in [-0.1, -0.05) is 12.8 Å². The van der Waals surface area contributed by atoms with Gasteiger partial charge in [-0.05, 0) is 43.4 Å². The Labute approximate surface area is 110 Å². The van der Waals surface area contributed by atoms with E-state index in [2.05, 4.69) is 4.90 Å². The second-order valence-corrected chi connectivity index (χ2v) is 6.56. The summed E-state index contributed by atoms with van der Waals surface area (Å²) in [4.78, 5) is 14.5. The van der Waals surface area contributed by atoms with Gasteiger partial charge >= 0.3 is 0 Å². The summed E-state index contributed by atoms with van der Waals surface area (Å²) in [6.45, 7) is 3.73. The van der Waals surface area contributed by atoms with E-state index < -0.39 is 0 Å². The van der Waals surface area contributed by atoms with Crippen LogP contribution in [0.4, 0.5) is 0 Å². The summed E-state index contributed by atoms with van der Waals surface area (Å²) in [6.07, 6.45) is 9.71. The first kappa shape index (κ1) is 12.5. The third kappa shape index (κ3) is 2.56. The Kier molecular flexibility index (Phi) is 3.60. The van der Waals surface area contributed by atoms with E-state index in [0.717, 1.165) is 39.1 Å². The summed E-state index contributed by atoms with van der Waals surface area (Å²) in [7, 11) is 0. The van der Waals surface area contributed by atoms with Crippen molar-refractivity contribution in [2.45, 2.75) is 51.4 Å². The predicted molar refractivity (Wildman–Crippen MR) is 70.3 cm³/mol. The lowest BCUT2D eigenvalue weighted by molar-refractivity contribution is -0.132. The SMILES string of the molecule is O=C(CC1CCCOC1)N1CCC2(CCCC2)C1. The van der Waals surface area contributed by atoms with Crippen LogP contribution < -0.4 is 0 Å². The molecule has 0 aromatic rings. The molecule has 1 atom stereocenters. The smallest absolute Gasteiger partial charge is 0.222 e. The van der Waals surface area contributed by atoms with Crippen LogP contribution in [-0.2, 0) is 9.53 Å². The lowest BCUT2D eigenvalue weighted by atomic mass is 9.86. The standard InChI is InChI=1S/C15H25NO2/c17-14(10-13-4-3-9-18-11-13)16-8-7-15(12-16)5-1-2-6-15/h13H,1-12H2. The second kappa shape index (κ2) is 5.20. The molecule has 3 rings (SSSR count). The van der Waals surface area contributed by atoms with Crippen molar-refractivity contribution in [3.8, 4) is 0 Å². The largest absolute Gasteiger partial charge is 0.381 e. The molecule has 0 aromatic carbocycles. The summed E-state index contributed by atoms with van der Waals surface area (Å²) in [6, 6.07) is 0. The molecule has 3 heteroatoms. The first-order valence-electron chi connectivity index (χ1n) is 7.63. The monoisotopic (exact) mass is 251 g/mol. The number of carbonyl (C=O) groups is 1. The minimum absolute atomic E-state index is 0.384. The molecular weight excluding hydrogens is 226 g/mol. The maximum atomic E-state index is 12.3. The van der Waals surface area contributed by atoms with Crippen molar-refractivity contribution >= 4 is 5.91 Å². The number of hydrogen-bond donors (Lipinski definition) is 0. The Balaban J connectivity index is 1.50. The van der Waals surface area contributed by atoms with Crippen LogP contribution in [-0.4, -0.2) is 37.1 Å². The molecule has 3 aliphatic rings. The van der Waals surface area contributed by atoms with Crippen LogP contribution >= 0.6 is 0 Å². The number of likely N-dealkylation sites (tertiary alicyclic amines) is 1. The van der Waals surface area contributed by atoms with Gasteiger partial charge in [0.15, 0.2) is 0 Å². The number of carbonyl (C=O) groups excluding carboxylic acids is 1. The van der Waals surface area contributed by atoms with E-state index in [1.165, 1.54) is 38.5 Å². The van der Waals surface area contributed by atoms with Crippen LogP contribution in [0.25, 0.3) is 0 Å². The highest BCUT2D eigenvalue weighted by Gasteiger charge is 2.41. The third-order valence-corrected chi connectivity index (χ3v) is 5.17. The number of hydrogen-bond acceptors (Lipinski definition) is 2. The first-order valence-corrected chi connectivity index (χ1v) is 7.63. The summed E-state index contributed by atoms with van der Waals surface area (Å²) >= 11 is 0. The molecule has 2 saturated heterocycles. The maximum Gasteiger partial charge on any atom is 0.222 e. The van der Waals surface area contributed by atoms with Crippen LogP contribution in [0.3, 0.4) is 0 Å². The summed E-state index contributed by atoms with van der Waals surface area (Å²) < 4.78 is 5.47. The number of ether oxygens (including phenoxy) is 1. The highest BCUT2D eigenvalue weighted by Crippen LogP contribution is 2.45. The van der Waals surface area contributed by atoms with E-state index in [1.807, 2.05) is 0 Å². The number of rotatable bonds is 2. The van der Waals surface area contributed by atoms with Crippen molar-refractivity contribution in [1.82, 2.24) is 4.90 Å². The van der Waals surface area contributed by atoms with Crippen molar-refractivity contribution in [3.63, 3.8) is 0 Å². The molecule has 0 bridgehead atoms. The Morgan fingerprint density at radius 3 is 2.78 bits per heavy atom. The molecule has 1 amide bonds. The maximum absolute atomic E-state index is 12.3. The topological polar surface area (TPSA) is 29.5 Å². The second-order valence-electron chi connectivity index (χ2n) is 6.56. The first-order chi connectivity index (χ1) is 8.77. The quantitative estimate of drug-likeness (QED) is 0.755. The van der Waals surface area contributed by atoms with Gasteiger partial charge < -0.3 is 9.64 Å². The van der Waals surface area contributed by atoms with Gasteiger partial charge in [0.2, 0.25) is 5.91 Å². The van der Waals surface area contributed by atoms with Gasteiger partial charge in [0.1, 0.15) is 0 Å². The van der Waals surface area contributed by atoms with Crippen molar-refractivity contribution in [3.05, 3.63) is 0 Å². The van der Waals surface area contributed by atoms with Gasteiger partial charge in [0, 0.05) is 32.7 Å². The number of amides is 1. The fraction of sp³-hybridized carbons (Fsp3) is 0.933. The van der Waals surface area contributed by atoms with Gasteiger partial charge in [-0.25, -0.2) is 0 Å². The van der Waals surface area contributed by atoms with E-state index in [4.69, 9.17) is 4.74 Å². The van der Waals surface area contributed by atoms with E-state index in [-0.39, 0.29) is 0 Å². The van der Waals surface area contributed by atoms with Crippen molar-refractivity contribution in [2.75, 3.05) is 26.3 Å². The summed E-state index contributed by atoms with van der Waals surface area (Å²) in [5, 5.41) is 0. The van der Waals surface area contributed by atoms with E-state index in [9.17, 15) is 4.79 Å². The molecule has 1 spiro atoms. The normalized spacial score (nSPS) is 31.1. The molecule has 0 radical (unpaired) electrons. The fourth-order valence-electron chi connectivity index (χ4n) is 4.03. The molecule has 18 heavy (non-hydrogen) atoms. The van der Waals surface area contributed by atoms with Crippen molar-refractivity contribution < 1.29 is 9.53 Å². The van der Waals surface area contributed by atoms with Gasteiger partial charge in [-0.3, -0.25) is 4.79 Å². The van der Waals surface area contributed by atoms with Gasteiger partial charge in [0.05, 0.1) is 0 Å².